The molecule has 0 saturated heterocycles. The first kappa shape index (κ1) is 14.2. The number of alkyl halides is 3. The lowest BCUT2D eigenvalue weighted by atomic mass is 10.1. The molecular formula is C11H14BrF3N2. The van der Waals surface area contributed by atoms with Gasteiger partial charge in [0.25, 0.3) is 0 Å². The first-order valence-electron chi connectivity index (χ1n) is 4.90. The third-order valence-corrected chi connectivity index (χ3v) is 3.18. The van der Waals surface area contributed by atoms with Crippen LogP contribution in [0.25, 0.3) is 0 Å². The Labute approximate surface area is 107 Å². The van der Waals surface area contributed by atoms with Crippen molar-refractivity contribution < 1.29 is 13.2 Å². The summed E-state index contributed by atoms with van der Waals surface area (Å²) in [5.74, 6) is 0. The topological polar surface area (TPSA) is 6.48 Å². The van der Waals surface area contributed by atoms with Gasteiger partial charge in [-0.1, -0.05) is 0 Å². The van der Waals surface area contributed by atoms with Gasteiger partial charge in [0.05, 0.1) is 15.7 Å². The van der Waals surface area contributed by atoms with Crippen LogP contribution in [0.1, 0.15) is 5.56 Å². The Morgan fingerprint density at radius 3 is 1.88 bits per heavy atom. The lowest BCUT2D eigenvalue weighted by molar-refractivity contribution is -0.138. The summed E-state index contributed by atoms with van der Waals surface area (Å²) in [4.78, 5) is 3.29. The molecule has 1 aromatic carbocycles. The average Bonchev–Trinajstić information content (AvgIpc) is 2.15. The predicted octanol–water partition coefficient (Wildman–Crippen LogP) is 3.60. The molecule has 6 heteroatoms. The van der Waals surface area contributed by atoms with Crippen molar-refractivity contribution >= 4 is 27.3 Å². The number of anilines is 2. The molecule has 0 fully saturated rings. The smallest absolute Gasteiger partial charge is 0.378 e. The molecule has 0 saturated carbocycles. The second-order valence-electron chi connectivity index (χ2n) is 4.11. The van der Waals surface area contributed by atoms with Gasteiger partial charge >= 0.3 is 6.18 Å². The van der Waals surface area contributed by atoms with E-state index >= 15 is 0 Å². The van der Waals surface area contributed by atoms with Gasteiger partial charge in [-0.15, -0.1) is 0 Å². The van der Waals surface area contributed by atoms with E-state index < -0.39 is 11.7 Å². The molecule has 1 rings (SSSR count). The Balaban J connectivity index is 3.49. The predicted molar refractivity (Wildman–Crippen MR) is 67.8 cm³/mol. The number of hydrogen-bond donors (Lipinski definition) is 0. The molecule has 17 heavy (non-hydrogen) atoms. The van der Waals surface area contributed by atoms with Gasteiger partial charge in [-0.25, -0.2) is 0 Å². The summed E-state index contributed by atoms with van der Waals surface area (Å²) < 4.78 is 38.7. The highest BCUT2D eigenvalue weighted by atomic mass is 79.9. The monoisotopic (exact) mass is 310 g/mol. The van der Waals surface area contributed by atoms with Crippen LogP contribution < -0.4 is 9.80 Å². The summed E-state index contributed by atoms with van der Waals surface area (Å²) in [7, 11) is 6.84. The summed E-state index contributed by atoms with van der Waals surface area (Å²) in [6, 6.07) is 2.84. The first-order chi connectivity index (χ1) is 7.64. The molecule has 0 heterocycles. The number of rotatable bonds is 2. The third-order valence-electron chi connectivity index (χ3n) is 2.34. The van der Waals surface area contributed by atoms with Crippen LogP contribution in [-0.4, -0.2) is 28.2 Å². The maximum Gasteiger partial charge on any atom is 0.417 e. The number of halogens is 4. The van der Waals surface area contributed by atoms with E-state index in [0.717, 1.165) is 6.07 Å². The fourth-order valence-electron chi connectivity index (χ4n) is 1.38. The van der Waals surface area contributed by atoms with Crippen molar-refractivity contribution in [3.63, 3.8) is 0 Å². The van der Waals surface area contributed by atoms with E-state index in [4.69, 9.17) is 0 Å². The quantitative estimate of drug-likeness (QED) is 0.823. The molecule has 0 amide bonds. The molecule has 0 unspecified atom stereocenters. The van der Waals surface area contributed by atoms with Crippen LogP contribution in [0.15, 0.2) is 16.6 Å². The van der Waals surface area contributed by atoms with Crippen molar-refractivity contribution in [1.82, 2.24) is 0 Å². The third kappa shape index (κ3) is 3.06. The molecule has 0 aliphatic carbocycles. The van der Waals surface area contributed by atoms with Crippen LogP contribution in [0.4, 0.5) is 24.5 Å². The van der Waals surface area contributed by atoms with E-state index in [-0.39, 0.29) is 4.47 Å². The van der Waals surface area contributed by atoms with E-state index in [1.165, 1.54) is 0 Å². The molecule has 0 aliphatic rings. The molecule has 0 aromatic heterocycles. The molecule has 2 nitrogen and oxygen atoms in total. The Kier molecular flexibility index (Phi) is 3.96. The minimum atomic E-state index is -4.37. The van der Waals surface area contributed by atoms with Crippen LogP contribution in [0.5, 0.6) is 0 Å². The molecule has 0 radical (unpaired) electrons. The standard InChI is InChI=1S/C11H14BrF3N2/c1-16(2)7-5-8(11(13,14)15)10(12)9(6-7)17(3)4/h5-6H,1-4H3. The first-order valence-corrected chi connectivity index (χ1v) is 5.69. The molecule has 96 valence electrons. The summed E-state index contributed by atoms with van der Waals surface area (Å²) in [6.45, 7) is 0. The van der Waals surface area contributed by atoms with Gasteiger partial charge in [0, 0.05) is 33.9 Å². The van der Waals surface area contributed by atoms with Crippen molar-refractivity contribution in [2.24, 2.45) is 0 Å². The lowest BCUT2D eigenvalue weighted by Gasteiger charge is -2.22. The summed E-state index contributed by atoms with van der Waals surface area (Å²) >= 11 is 3.02. The van der Waals surface area contributed by atoms with Gasteiger partial charge in [0.2, 0.25) is 0 Å². The zero-order valence-electron chi connectivity index (χ0n) is 10.1. The van der Waals surface area contributed by atoms with Gasteiger partial charge in [-0.05, 0) is 28.1 Å². The minimum absolute atomic E-state index is 0.0700. The molecular weight excluding hydrogens is 297 g/mol. The van der Waals surface area contributed by atoms with Crippen LogP contribution in [0.2, 0.25) is 0 Å². The van der Waals surface area contributed by atoms with Crippen LogP contribution >= 0.6 is 15.9 Å². The van der Waals surface area contributed by atoms with Gasteiger partial charge in [0.1, 0.15) is 0 Å². The number of nitrogens with zero attached hydrogens (tertiary/aromatic N) is 2. The largest absolute Gasteiger partial charge is 0.417 e. The van der Waals surface area contributed by atoms with Gasteiger partial charge < -0.3 is 9.80 Å². The fraction of sp³-hybridized carbons (Fsp3) is 0.455. The Morgan fingerprint density at radius 1 is 1.00 bits per heavy atom. The normalized spacial score (nSPS) is 11.5. The highest BCUT2D eigenvalue weighted by Gasteiger charge is 2.34. The molecule has 0 aliphatic heterocycles. The van der Waals surface area contributed by atoms with Crippen LogP contribution in [-0.2, 0) is 6.18 Å². The van der Waals surface area contributed by atoms with Gasteiger partial charge in [-0.2, -0.15) is 13.2 Å². The maximum atomic E-state index is 12.9. The second-order valence-corrected chi connectivity index (χ2v) is 4.91. The molecule has 1 aromatic rings. The molecule has 0 spiro atoms. The van der Waals surface area contributed by atoms with Crippen molar-refractivity contribution in [2.45, 2.75) is 6.18 Å². The van der Waals surface area contributed by atoms with Crippen molar-refractivity contribution in [3.8, 4) is 0 Å². The second kappa shape index (κ2) is 4.76. The summed E-state index contributed by atoms with van der Waals surface area (Å²) in [5, 5.41) is 0. The summed E-state index contributed by atoms with van der Waals surface area (Å²) in [6.07, 6.45) is -4.37. The van der Waals surface area contributed by atoms with Crippen molar-refractivity contribution in [1.29, 1.82) is 0 Å². The van der Waals surface area contributed by atoms with Gasteiger partial charge in [0.15, 0.2) is 0 Å². The molecule has 0 atom stereocenters. The molecule has 0 N–H and O–H groups in total. The van der Waals surface area contributed by atoms with E-state index in [1.54, 1.807) is 44.1 Å². The molecule has 0 bridgehead atoms. The minimum Gasteiger partial charge on any atom is -0.378 e. The van der Waals surface area contributed by atoms with Gasteiger partial charge in [-0.3, -0.25) is 0 Å². The highest BCUT2D eigenvalue weighted by Crippen LogP contribution is 2.41. The van der Waals surface area contributed by atoms with Crippen molar-refractivity contribution in [3.05, 3.63) is 22.2 Å². The Bertz CT molecular complexity index is 414. The summed E-state index contributed by atoms with van der Waals surface area (Å²) in [5.41, 5.74) is 0.361. The van der Waals surface area contributed by atoms with Crippen LogP contribution in [0.3, 0.4) is 0 Å². The SMILES string of the molecule is CN(C)c1cc(N(C)C)c(Br)c(C(F)(F)F)c1. The van der Waals surface area contributed by atoms with E-state index in [1.807, 2.05) is 0 Å². The number of hydrogen-bond acceptors (Lipinski definition) is 2. The maximum absolute atomic E-state index is 12.9. The zero-order chi connectivity index (χ0) is 13.4. The zero-order valence-corrected chi connectivity index (χ0v) is 11.6. The number of benzene rings is 1. The van der Waals surface area contributed by atoms with E-state index in [9.17, 15) is 13.2 Å². The Morgan fingerprint density at radius 2 is 1.53 bits per heavy atom. The highest BCUT2D eigenvalue weighted by molar-refractivity contribution is 9.10. The van der Waals surface area contributed by atoms with E-state index in [0.29, 0.717) is 11.4 Å². The fourth-order valence-corrected chi connectivity index (χ4v) is 2.19. The average molecular weight is 311 g/mol. The van der Waals surface area contributed by atoms with Crippen molar-refractivity contribution in [2.75, 3.05) is 38.0 Å². The lowest BCUT2D eigenvalue weighted by Crippen LogP contribution is -2.17. The Hall–Kier alpha value is -0.910. The van der Waals surface area contributed by atoms with Crippen LogP contribution in [0, 0.1) is 0 Å². The van der Waals surface area contributed by atoms with E-state index in [2.05, 4.69) is 15.9 Å².